The smallest absolute Gasteiger partial charge is 0.136 e. The summed E-state index contributed by atoms with van der Waals surface area (Å²) in [4.78, 5) is 2.42. The van der Waals surface area contributed by atoms with E-state index in [1.807, 2.05) is 12.1 Å². The monoisotopic (exact) mass is 653 g/mol. The third-order valence-electron chi connectivity index (χ3n) is 10.9. The summed E-state index contributed by atoms with van der Waals surface area (Å²) in [6.07, 6.45) is 0. The van der Waals surface area contributed by atoms with E-state index in [4.69, 9.17) is 4.42 Å². The van der Waals surface area contributed by atoms with Gasteiger partial charge in [0.15, 0.2) is 0 Å². The zero-order valence-corrected chi connectivity index (χ0v) is 28.6. The van der Waals surface area contributed by atoms with Crippen LogP contribution in [0.25, 0.3) is 66.1 Å². The Balaban J connectivity index is 1.15. The van der Waals surface area contributed by atoms with E-state index < -0.39 is 0 Å². The molecule has 9 aromatic rings. The molecule has 0 amide bonds. The van der Waals surface area contributed by atoms with Crippen molar-refractivity contribution in [3.8, 4) is 33.4 Å². The molecule has 2 nitrogen and oxygen atoms in total. The van der Waals surface area contributed by atoms with E-state index in [1.54, 1.807) is 0 Å². The highest BCUT2D eigenvalue weighted by Gasteiger charge is 2.35. The Kier molecular flexibility index (Phi) is 6.56. The molecule has 0 spiro atoms. The summed E-state index contributed by atoms with van der Waals surface area (Å²) < 4.78 is 6.39. The second kappa shape index (κ2) is 11.3. The molecule has 0 aliphatic heterocycles. The Bertz CT molecular complexity index is 2770. The molecule has 8 aromatic carbocycles. The fourth-order valence-electron chi connectivity index (χ4n) is 8.32. The van der Waals surface area contributed by atoms with Crippen molar-refractivity contribution in [2.75, 3.05) is 4.90 Å². The van der Waals surface area contributed by atoms with Crippen molar-refractivity contribution < 1.29 is 4.42 Å². The summed E-state index contributed by atoms with van der Waals surface area (Å²) in [5.74, 6) is 0. The van der Waals surface area contributed by atoms with Crippen LogP contribution in [0.3, 0.4) is 0 Å². The Morgan fingerprint density at radius 3 is 1.92 bits per heavy atom. The molecular formula is C49H35NO. The Hall–Kier alpha value is -6.38. The highest BCUT2D eigenvalue weighted by Crippen LogP contribution is 2.51. The summed E-state index contributed by atoms with van der Waals surface area (Å²) in [6, 6.07) is 63.7. The van der Waals surface area contributed by atoms with Gasteiger partial charge in [-0.3, -0.25) is 0 Å². The number of para-hydroxylation sites is 1. The van der Waals surface area contributed by atoms with Gasteiger partial charge in [-0.05, 0) is 98.4 Å². The Morgan fingerprint density at radius 1 is 0.412 bits per heavy atom. The summed E-state index contributed by atoms with van der Waals surface area (Å²) in [7, 11) is 0. The number of furan rings is 1. The van der Waals surface area contributed by atoms with Gasteiger partial charge < -0.3 is 9.32 Å². The molecule has 1 heterocycles. The van der Waals surface area contributed by atoms with Crippen LogP contribution in [-0.2, 0) is 5.41 Å². The molecule has 242 valence electrons. The molecule has 0 fully saturated rings. The highest BCUT2D eigenvalue weighted by atomic mass is 16.3. The van der Waals surface area contributed by atoms with Gasteiger partial charge in [0, 0.05) is 32.9 Å². The minimum absolute atomic E-state index is 0.0979. The van der Waals surface area contributed by atoms with Crippen molar-refractivity contribution >= 4 is 49.8 Å². The molecule has 0 saturated heterocycles. The Labute approximate surface area is 297 Å². The van der Waals surface area contributed by atoms with Gasteiger partial charge in [0.2, 0.25) is 0 Å². The fraction of sp³-hybridized carbons (Fsp3) is 0.0612. The normalized spacial score (nSPS) is 13.1. The molecular weight excluding hydrogens is 619 g/mol. The molecule has 0 unspecified atom stereocenters. The van der Waals surface area contributed by atoms with Crippen molar-refractivity contribution in [3.63, 3.8) is 0 Å². The summed E-state index contributed by atoms with van der Waals surface area (Å²) in [5.41, 5.74) is 15.2. The maximum Gasteiger partial charge on any atom is 0.136 e. The summed E-state index contributed by atoms with van der Waals surface area (Å²) in [6.45, 7) is 4.70. The average molecular weight is 654 g/mol. The van der Waals surface area contributed by atoms with Gasteiger partial charge in [0.25, 0.3) is 0 Å². The second-order valence-corrected chi connectivity index (χ2v) is 14.1. The van der Waals surface area contributed by atoms with Crippen LogP contribution in [0.4, 0.5) is 17.1 Å². The van der Waals surface area contributed by atoms with Crippen LogP contribution in [0.15, 0.2) is 180 Å². The summed E-state index contributed by atoms with van der Waals surface area (Å²) in [5, 5.41) is 4.71. The number of rotatable bonds is 5. The number of anilines is 3. The van der Waals surface area contributed by atoms with Crippen LogP contribution >= 0.6 is 0 Å². The molecule has 1 aromatic heterocycles. The minimum Gasteiger partial charge on any atom is -0.456 e. The molecule has 10 rings (SSSR count). The van der Waals surface area contributed by atoms with Gasteiger partial charge in [-0.15, -0.1) is 0 Å². The second-order valence-electron chi connectivity index (χ2n) is 14.1. The van der Waals surface area contributed by atoms with E-state index in [0.717, 1.165) is 50.1 Å². The molecule has 0 radical (unpaired) electrons. The molecule has 0 atom stereocenters. The maximum absolute atomic E-state index is 6.39. The van der Waals surface area contributed by atoms with Gasteiger partial charge in [0.1, 0.15) is 11.2 Å². The van der Waals surface area contributed by atoms with Crippen LogP contribution in [-0.4, -0.2) is 0 Å². The zero-order chi connectivity index (χ0) is 34.1. The number of hydrogen-bond acceptors (Lipinski definition) is 2. The average Bonchev–Trinajstić information content (AvgIpc) is 3.66. The zero-order valence-electron chi connectivity index (χ0n) is 28.6. The van der Waals surface area contributed by atoms with Crippen LogP contribution < -0.4 is 4.90 Å². The van der Waals surface area contributed by atoms with Gasteiger partial charge in [0.05, 0.1) is 5.69 Å². The van der Waals surface area contributed by atoms with Crippen molar-refractivity contribution in [2.45, 2.75) is 19.3 Å². The lowest BCUT2D eigenvalue weighted by Gasteiger charge is -2.29. The lowest BCUT2D eigenvalue weighted by molar-refractivity contribution is 0.660. The first-order valence-electron chi connectivity index (χ1n) is 17.7. The number of benzene rings is 8. The van der Waals surface area contributed by atoms with Crippen LogP contribution in [0.1, 0.15) is 25.0 Å². The maximum atomic E-state index is 6.39. The summed E-state index contributed by atoms with van der Waals surface area (Å²) >= 11 is 0. The molecule has 0 saturated carbocycles. The number of fused-ring (bicyclic) bond motifs is 7. The van der Waals surface area contributed by atoms with E-state index >= 15 is 0 Å². The number of nitrogens with zero attached hydrogens (tertiary/aromatic N) is 1. The topological polar surface area (TPSA) is 16.4 Å². The van der Waals surface area contributed by atoms with Crippen LogP contribution in [0, 0.1) is 0 Å². The van der Waals surface area contributed by atoms with Crippen LogP contribution in [0.5, 0.6) is 0 Å². The lowest BCUT2D eigenvalue weighted by Crippen LogP contribution is -2.16. The van der Waals surface area contributed by atoms with Crippen molar-refractivity contribution in [1.82, 2.24) is 0 Å². The van der Waals surface area contributed by atoms with Gasteiger partial charge >= 0.3 is 0 Å². The largest absolute Gasteiger partial charge is 0.456 e. The SMILES string of the molecule is CC1(C)c2ccccc2-c2ccc(N(c3ccc(-c4cc5oc6ccccc6c5cc4-c4ccccc4)cc3)c3cccc4ccccc34)cc21. The van der Waals surface area contributed by atoms with Gasteiger partial charge in [-0.2, -0.15) is 0 Å². The van der Waals surface area contributed by atoms with E-state index in [0.29, 0.717) is 0 Å². The van der Waals surface area contributed by atoms with Crippen LogP contribution in [0.2, 0.25) is 0 Å². The fourth-order valence-corrected chi connectivity index (χ4v) is 8.32. The third-order valence-corrected chi connectivity index (χ3v) is 10.9. The molecule has 0 N–H and O–H groups in total. The first-order chi connectivity index (χ1) is 25.0. The molecule has 0 bridgehead atoms. The van der Waals surface area contributed by atoms with Gasteiger partial charge in [-0.1, -0.05) is 141 Å². The third kappa shape index (κ3) is 4.64. The standard InChI is InChI=1S/C49H35NO/c1-49(2)44-20-10-8-18-38(44)39-28-27-36(29-45(39)49)50(46-21-12-16-32-15-6-7-17-37(32)46)35-25-23-34(24-26-35)42-31-48-43(40-19-9-11-22-47(40)51-48)30-41(42)33-13-4-3-5-14-33/h3-31H,1-2H3. The first-order valence-corrected chi connectivity index (χ1v) is 17.7. The first kappa shape index (κ1) is 29.5. The van der Waals surface area contributed by atoms with E-state index in [9.17, 15) is 0 Å². The molecule has 1 aliphatic carbocycles. The quantitative estimate of drug-likeness (QED) is 0.184. The molecule has 51 heavy (non-hydrogen) atoms. The van der Waals surface area contributed by atoms with Crippen molar-refractivity contribution in [2.24, 2.45) is 0 Å². The lowest BCUT2D eigenvalue weighted by atomic mass is 9.82. The predicted molar refractivity (Wildman–Crippen MR) is 214 cm³/mol. The van der Waals surface area contributed by atoms with E-state index in [2.05, 4.69) is 183 Å². The van der Waals surface area contributed by atoms with Crippen molar-refractivity contribution in [1.29, 1.82) is 0 Å². The number of hydrogen-bond donors (Lipinski definition) is 0. The molecule has 1 aliphatic rings. The minimum atomic E-state index is -0.0979. The Morgan fingerprint density at radius 2 is 1.06 bits per heavy atom. The van der Waals surface area contributed by atoms with Gasteiger partial charge in [-0.25, -0.2) is 0 Å². The van der Waals surface area contributed by atoms with E-state index in [-0.39, 0.29) is 5.41 Å². The van der Waals surface area contributed by atoms with Crippen molar-refractivity contribution in [3.05, 3.63) is 187 Å². The van der Waals surface area contributed by atoms with E-state index in [1.165, 1.54) is 44.2 Å². The highest BCUT2D eigenvalue weighted by molar-refractivity contribution is 6.09. The molecule has 2 heteroatoms. The predicted octanol–water partition coefficient (Wildman–Crippen LogP) is 13.8.